The first-order valence-electron chi connectivity index (χ1n) is 4.53. The fraction of sp³-hybridized carbons (Fsp3) is 0.556. The van der Waals surface area contributed by atoms with Gasteiger partial charge in [-0.05, 0) is 6.07 Å². The Bertz CT molecular complexity index is 246. The average molecular weight is 179 g/mol. The van der Waals surface area contributed by atoms with E-state index in [0.717, 1.165) is 31.9 Å². The van der Waals surface area contributed by atoms with Gasteiger partial charge in [0.1, 0.15) is 5.82 Å². The van der Waals surface area contributed by atoms with E-state index in [1.54, 1.807) is 12.4 Å². The van der Waals surface area contributed by atoms with Crippen molar-refractivity contribution in [3.63, 3.8) is 0 Å². The Morgan fingerprint density at radius 1 is 1.46 bits per heavy atom. The van der Waals surface area contributed by atoms with Crippen LogP contribution in [0, 0.1) is 0 Å². The second-order valence-corrected chi connectivity index (χ2v) is 3.07. The Labute approximate surface area is 77.4 Å². The van der Waals surface area contributed by atoms with E-state index in [2.05, 4.69) is 15.3 Å². The maximum atomic E-state index is 5.54. The lowest BCUT2D eigenvalue weighted by Gasteiger charge is -2.22. The molecule has 0 spiro atoms. The number of hydrogen-bond donors (Lipinski definition) is 1. The van der Waals surface area contributed by atoms with E-state index in [1.807, 2.05) is 6.07 Å². The van der Waals surface area contributed by atoms with Crippen molar-refractivity contribution in [2.75, 3.05) is 19.7 Å². The molecule has 0 radical (unpaired) electrons. The number of hydrogen-bond acceptors (Lipinski definition) is 4. The van der Waals surface area contributed by atoms with Crippen molar-refractivity contribution in [2.24, 2.45) is 0 Å². The van der Waals surface area contributed by atoms with E-state index < -0.39 is 0 Å². The molecule has 1 aliphatic rings. The molecular formula is C9H13N3O. The van der Waals surface area contributed by atoms with Gasteiger partial charge in [-0.2, -0.15) is 0 Å². The molecule has 13 heavy (non-hydrogen) atoms. The van der Waals surface area contributed by atoms with Gasteiger partial charge in [0.25, 0.3) is 0 Å². The lowest BCUT2D eigenvalue weighted by molar-refractivity contribution is 0.0280. The van der Waals surface area contributed by atoms with Gasteiger partial charge in [0, 0.05) is 31.9 Å². The minimum absolute atomic E-state index is 0.233. The fourth-order valence-corrected chi connectivity index (χ4v) is 1.39. The molecule has 0 aromatic carbocycles. The molecule has 1 saturated heterocycles. The SMILES string of the molecule is c1cnc(CC2CNCCO2)nc1. The molecule has 2 rings (SSSR count). The molecule has 2 heterocycles. The van der Waals surface area contributed by atoms with Crippen LogP contribution in [0.5, 0.6) is 0 Å². The van der Waals surface area contributed by atoms with Crippen LogP contribution in [0.15, 0.2) is 18.5 Å². The van der Waals surface area contributed by atoms with Crippen molar-refractivity contribution in [3.8, 4) is 0 Å². The Kier molecular flexibility index (Phi) is 2.84. The van der Waals surface area contributed by atoms with Gasteiger partial charge in [0.05, 0.1) is 12.7 Å². The van der Waals surface area contributed by atoms with E-state index in [4.69, 9.17) is 4.74 Å². The molecule has 0 saturated carbocycles. The van der Waals surface area contributed by atoms with Crippen LogP contribution in [0.25, 0.3) is 0 Å². The molecule has 1 aromatic rings. The van der Waals surface area contributed by atoms with Crippen LogP contribution < -0.4 is 5.32 Å². The van der Waals surface area contributed by atoms with Crippen LogP contribution in [-0.4, -0.2) is 35.8 Å². The summed E-state index contributed by atoms with van der Waals surface area (Å²) < 4.78 is 5.54. The molecule has 0 amide bonds. The second kappa shape index (κ2) is 4.30. The number of ether oxygens (including phenoxy) is 1. The Morgan fingerprint density at radius 3 is 3.00 bits per heavy atom. The smallest absolute Gasteiger partial charge is 0.130 e. The molecule has 1 unspecified atom stereocenters. The van der Waals surface area contributed by atoms with Gasteiger partial charge >= 0.3 is 0 Å². The van der Waals surface area contributed by atoms with Crippen LogP contribution in [-0.2, 0) is 11.2 Å². The highest BCUT2D eigenvalue weighted by molar-refractivity contribution is 4.91. The van der Waals surface area contributed by atoms with Crippen molar-refractivity contribution >= 4 is 0 Å². The predicted molar refractivity (Wildman–Crippen MR) is 48.3 cm³/mol. The second-order valence-electron chi connectivity index (χ2n) is 3.07. The molecule has 1 fully saturated rings. The van der Waals surface area contributed by atoms with Crippen molar-refractivity contribution in [2.45, 2.75) is 12.5 Å². The summed E-state index contributed by atoms with van der Waals surface area (Å²) >= 11 is 0. The van der Waals surface area contributed by atoms with E-state index in [-0.39, 0.29) is 6.10 Å². The zero-order chi connectivity index (χ0) is 8.93. The quantitative estimate of drug-likeness (QED) is 0.694. The van der Waals surface area contributed by atoms with Gasteiger partial charge in [-0.15, -0.1) is 0 Å². The summed E-state index contributed by atoms with van der Waals surface area (Å²) in [5.41, 5.74) is 0. The summed E-state index contributed by atoms with van der Waals surface area (Å²) in [6, 6.07) is 1.82. The number of aromatic nitrogens is 2. The Morgan fingerprint density at radius 2 is 2.31 bits per heavy atom. The monoisotopic (exact) mass is 179 g/mol. The van der Waals surface area contributed by atoms with Crippen LogP contribution in [0.3, 0.4) is 0 Å². The normalized spacial score (nSPS) is 22.9. The summed E-state index contributed by atoms with van der Waals surface area (Å²) in [5.74, 6) is 0.858. The van der Waals surface area contributed by atoms with E-state index in [1.165, 1.54) is 0 Å². The molecule has 1 aliphatic heterocycles. The van der Waals surface area contributed by atoms with E-state index >= 15 is 0 Å². The first-order chi connectivity index (χ1) is 6.45. The molecule has 4 nitrogen and oxygen atoms in total. The van der Waals surface area contributed by atoms with Gasteiger partial charge < -0.3 is 10.1 Å². The molecule has 1 aromatic heterocycles. The van der Waals surface area contributed by atoms with Gasteiger partial charge in [0.2, 0.25) is 0 Å². The topological polar surface area (TPSA) is 47.0 Å². The van der Waals surface area contributed by atoms with Crippen LogP contribution in [0.1, 0.15) is 5.82 Å². The maximum Gasteiger partial charge on any atom is 0.130 e. The lowest BCUT2D eigenvalue weighted by atomic mass is 10.2. The standard InChI is InChI=1S/C9H13N3O/c1-2-11-9(12-3-1)6-8-7-10-4-5-13-8/h1-3,8,10H,4-7H2. The van der Waals surface area contributed by atoms with E-state index in [0.29, 0.717) is 0 Å². The minimum Gasteiger partial charge on any atom is -0.375 e. The van der Waals surface area contributed by atoms with Crippen molar-refractivity contribution in [1.29, 1.82) is 0 Å². The fourth-order valence-electron chi connectivity index (χ4n) is 1.39. The average Bonchev–Trinajstić information content (AvgIpc) is 2.21. The lowest BCUT2D eigenvalue weighted by Crippen LogP contribution is -2.39. The number of morpholine rings is 1. The third kappa shape index (κ3) is 2.47. The van der Waals surface area contributed by atoms with E-state index in [9.17, 15) is 0 Å². The van der Waals surface area contributed by atoms with Crippen LogP contribution >= 0.6 is 0 Å². The highest BCUT2D eigenvalue weighted by Crippen LogP contribution is 2.02. The van der Waals surface area contributed by atoms with Gasteiger partial charge in [0.15, 0.2) is 0 Å². The highest BCUT2D eigenvalue weighted by Gasteiger charge is 2.14. The van der Waals surface area contributed by atoms with Gasteiger partial charge in [-0.3, -0.25) is 0 Å². The Hall–Kier alpha value is -1.00. The first kappa shape index (κ1) is 8.59. The zero-order valence-electron chi connectivity index (χ0n) is 7.44. The molecule has 0 bridgehead atoms. The molecule has 1 N–H and O–H groups in total. The number of rotatable bonds is 2. The van der Waals surface area contributed by atoms with Gasteiger partial charge in [-0.1, -0.05) is 0 Å². The maximum absolute atomic E-state index is 5.54. The van der Waals surface area contributed by atoms with Crippen LogP contribution in [0.2, 0.25) is 0 Å². The minimum atomic E-state index is 0.233. The first-order valence-corrected chi connectivity index (χ1v) is 4.53. The summed E-state index contributed by atoms with van der Waals surface area (Å²) in [5, 5.41) is 3.27. The molecule has 70 valence electrons. The molecule has 0 aliphatic carbocycles. The largest absolute Gasteiger partial charge is 0.375 e. The predicted octanol–water partition coefficient (Wildman–Crippen LogP) is 0.00750. The molecular weight excluding hydrogens is 166 g/mol. The summed E-state index contributed by atoms with van der Waals surface area (Å²) in [6.45, 7) is 2.64. The molecule has 1 atom stereocenters. The molecule has 4 heteroatoms. The summed E-state index contributed by atoms with van der Waals surface area (Å²) in [4.78, 5) is 8.31. The van der Waals surface area contributed by atoms with Crippen LogP contribution in [0.4, 0.5) is 0 Å². The summed E-state index contributed by atoms with van der Waals surface area (Å²) in [7, 11) is 0. The number of nitrogens with zero attached hydrogens (tertiary/aromatic N) is 2. The third-order valence-electron chi connectivity index (χ3n) is 2.03. The highest BCUT2D eigenvalue weighted by atomic mass is 16.5. The van der Waals surface area contributed by atoms with Crippen molar-refractivity contribution in [3.05, 3.63) is 24.3 Å². The number of nitrogens with one attached hydrogen (secondary N) is 1. The van der Waals surface area contributed by atoms with Crippen molar-refractivity contribution in [1.82, 2.24) is 15.3 Å². The third-order valence-corrected chi connectivity index (χ3v) is 2.03. The summed E-state index contributed by atoms with van der Waals surface area (Å²) in [6.07, 6.45) is 4.56. The Balaban J connectivity index is 1.90. The van der Waals surface area contributed by atoms with Crippen molar-refractivity contribution < 1.29 is 4.74 Å². The van der Waals surface area contributed by atoms with Gasteiger partial charge in [-0.25, -0.2) is 9.97 Å². The zero-order valence-corrected chi connectivity index (χ0v) is 7.44.